The number of unbranched alkanes of at least 4 members (excludes halogenated alkanes) is 36. The molecule has 0 aliphatic carbocycles. The molecule has 0 radical (unpaired) electrons. The zero-order valence-electron chi connectivity index (χ0n) is 60.5. The second kappa shape index (κ2) is 37.0. The number of rotatable bonds is 46. The molecule has 0 unspecified atom stereocenters. The highest BCUT2D eigenvalue weighted by atomic mass is 32.2. The minimum absolute atomic E-state index is 0.115. The molecule has 7 aromatic carbocycles. The maximum Gasteiger partial charge on any atom is 0.264 e. The van der Waals surface area contributed by atoms with Crippen LogP contribution in [0.15, 0.2) is 104 Å². The van der Waals surface area contributed by atoms with Gasteiger partial charge < -0.3 is 0 Å². The normalized spacial score (nSPS) is 12.6. The molecule has 1 N–H and O–H groups in total. The largest absolute Gasteiger partial charge is 0.268 e. The van der Waals surface area contributed by atoms with Gasteiger partial charge in [0.2, 0.25) is 20.0 Å². The highest BCUT2D eigenvalue weighted by Gasteiger charge is 2.28. The number of benzene rings is 7. The molecule has 0 amide bonds. The SMILES string of the molecule is CCCCCCCCCCCC.CCCCCCCCCCCCNS(=O)(=O)c1ccc2c(c1)nc1c3ccc4c5ccc6c(=O)n7c8ccc(S(=O)(=O)N(CCCCCCCCCCCC)CCCCCCCCCCCC)cc8nc7c7ccc(c8ccc(c(=O)n21)c3c48)c5c67. The summed E-state index contributed by atoms with van der Waals surface area (Å²) in [4.78, 5) is 40.1. The molecule has 530 valence electrons. The van der Waals surface area contributed by atoms with Gasteiger partial charge in [-0.25, -0.2) is 31.5 Å². The molecule has 0 bridgehead atoms. The Hall–Kier alpha value is -6.06. The van der Waals surface area contributed by atoms with Crippen molar-refractivity contribution in [2.45, 2.75) is 301 Å². The van der Waals surface area contributed by atoms with E-state index in [9.17, 15) is 26.4 Å². The molecule has 0 saturated heterocycles. The van der Waals surface area contributed by atoms with Crippen molar-refractivity contribution in [3.8, 4) is 0 Å². The number of nitrogens with zero attached hydrogens (tertiary/aromatic N) is 5. The first kappa shape index (κ1) is 74.6. The van der Waals surface area contributed by atoms with Crippen LogP contribution in [-0.4, -0.2) is 59.5 Å². The molecule has 0 fully saturated rings. The Kier molecular flexibility index (Phi) is 28.2. The van der Waals surface area contributed by atoms with Crippen LogP contribution in [0.5, 0.6) is 0 Å². The van der Waals surface area contributed by atoms with Crippen molar-refractivity contribution in [2.75, 3.05) is 19.6 Å². The lowest BCUT2D eigenvalue weighted by Gasteiger charge is -2.22. The topological polar surface area (TPSA) is 152 Å². The third-order valence-corrected chi connectivity index (χ3v) is 24.6. The third-order valence-electron chi connectivity index (χ3n) is 21.3. The van der Waals surface area contributed by atoms with E-state index in [0.717, 1.165) is 112 Å². The first-order valence-corrected chi connectivity index (χ1v) is 42.2. The molecule has 14 heteroatoms. The van der Waals surface area contributed by atoms with Crippen molar-refractivity contribution >= 4 is 118 Å². The lowest BCUT2D eigenvalue weighted by Crippen LogP contribution is -2.33. The first-order chi connectivity index (χ1) is 47.9. The molecule has 11 aromatic rings. The maximum absolute atomic E-state index is 14.9. The summed E-state index contributed by atoms with van der Waals surface area (Å²) < 4.78 is 64.6. The van der Waals surface area contributed by atoms with E-state index in [1.165, 1.54) is 199 Å². The Balaban J connectivity index is 0.000000791. The zero-order chi connectivity index (χ0) is 68.9. The molecule has 0 aliphatic heterocycles. The van der Waals surface area contributed by atoms with E-state index in [4.69, 9.17) is 9.97 Å². The van der Waals surface area contributed by atoms with Gasteiger partial charge in [0.05, 0.1) is 31.9 Å². The number of pyridine rings is 2. The van der Waals surface area contributed by atoms with Crippen LogP contribution in [0.3, 0.4) is 0 Å². The van der Waals surface area contributed by atoms with Gasteiger partial charge in [-0.15, -0.1) is 0 Å². The van der Waals surface area contributed by atoms with Crippen molar-refractivity contribution in [3.63, 3.8) is 0 Å². The third kappa shape index (κ3) is 17.6. The van der Waals surface area contributed by atoms with E-state index in [1.54, 1.807) is 49.5 Å². The minimum Gasteiger partial charge on any atom is -0.268 e. The van der Waals surface area contributed by atoms with Crippen molar-refractivity contribution in [1.82, 2.24) is 27.8 Å². The van der Waals surface area contributed by atoms with Crippen LogP contribution in [0, 0.1) is 0 Å². The molecule has 0 aliphatic rings. The predicted octanol–water partition coefficient (Wildman–Crippen LogP) is 23.2. The second-order valence-corrected chi connectivity index (χ2v) is 32.5. The van der Waals surface area contributed by atoms with E-state index < -0.39 is 20.0 Å². The summed E-state index contributed by atoms with van der Waals surface area (Å²) in [5, 5.41) is 9.77. The van der Waals surface area contributed by atoms with Crippen LogP contribution in [0.4, 0.5) is 0 Å². The molecule has 0 atom stereocenters. The van der Waals surface area contributed by atoms with Crippen molar-refractivity contribution in [2.24, 2.45) is 0 Å². The quantitative estimate of drug-likeness (QED) is 0.0225. The number of hydrogen-bond donors (Lipinski definition) is 1. The Morgan fingerprint density at radius 3 is 0.949 bits per heavy atom. The summed E-state index contributed by atoms with van der Waals surface area (Å²) in [6.45, 7) is 12.6. The van der Waals surface area contributed by atoms with Crippen LogP contribution < -0.4 is 15.8 Å². The van der Waals surface area contributed by atoms with Crippen LogP contribution in [0.1, 0.15) is 291 Å². The van der Waals surface area contributed by atoms with E-state index in [0.29, 0.717) is 63.8 Å². The van der Waals surface area contributed by atoms with E-state index >= 15 is 0 Å². The van der Waals surface area contributed by atoms with Crippen molar-refractivity contribution < 1.29 is 16.8 Å². The van der Waals surface area contributed by atoms with Crippen LogP contribution in [0.2, 0.25) is 0 Å². The maximum atomic E-state index is 14.9. The Morgan fingerprint density at radius 2 is 0.602 bits per heavy atom. The van der Waals surface area contributed by atoms with Gasteiger partial charge in [0, 0.05) is 52.0 Å². The molecular weight excluding hydrogens is 1250 g/mol. The van der Waals surface area contributed by atoms with Crippen LogP contribution in [0.25, 0.3) is 98.0 Å². The lowest BCUT2D eigenvalue weighted by atomic mass is 9.86. The van der Waals surface area contributed by atoms with E-state index in [-0.39, 0.29) is 20.9 Å². The highest BCUT2D eigenvalue weighted by Crippen LogP contribution is 2.46. The van der Waals surface area contributed by atoms with E-state index in [1.807, 2.05) is 36.4 Å². The van der Waals surface area contributed by atoms with Gasteiger partial charge in [0.15, 0.2) is 0 Å². The molecule has 12 nitrogen and oxygen atoms in total. The van der Waals surface area contributed by atoms with Gasteiger partial charge in [-0.2, -0.15) is 4.31 Å². The number of hydrogen-bond acceptors (Lipinski definition) is 8. The fourth-order valence-corrected chi connectivity index (χ4v) is 18.2. The fraction of sp³-hybridized carbons (Fsp3) is 0.571. The number of imidazole rings is 2. The summed E-state index contributed by atoms with van der Waals surface area (Å²) in [6, 6.07) is 25.9. The average Bonchev–Trinajstić information content (AvgIpc) is 1.13. The van der Waals surface area contributed by atoms with Crippen LogP contribution >= 0.6 is 0 Å². The molecule has 98 heavy (non-hydrogen) atoms. The Labute approximate surface area is 585 Å². The monoisotopic (exact) mass is 1370 g/mol. The number of sulfonamides is 2. The zero-order valence-corrected chi connectivity index (χ0v) is 62.1. The first-order valence-electron chi connectivity index (χ1n) is 39.2. The predicted molar refractivity (Wildman–Crippen MR) is 417 cm³/mol. The molecule has 0 saturated carbocycles. The van der Waals surface area contributed by atoms with Crippen molar-refractivity contribution in [1.29, 1.82) is 0 Å². The fourth-order valence-electron chi connectivity index (χ4n) is 15.6. The molecule has 11 rings (SSSR count). The Bertz CT molecular complexity index is 4620. The number of fused-ring (bicyclic) bond motifs is 10. The lowest BCUT2D eigenvalue weighted by molar-refractivity contribution is 0.383. The van der Waals surface area contributed by atoms with Crippen LogP contribution in [-0.2, 0) is 20.0 Å². The smallest absolute Gasteiger partial charge is 0.264 e. The summed E-state index contributed by atoms with van der Waals surface area (Å²) >= 11 is 0. The van der Waals surface area contributed by atoms with Gasteiger partial charge in [0.25, 0.3) is 11.1 Å². The van der Waals surface area contributed by atoms with Gasteiger partial charge in [0.1, 0.15) is 11.3 Å². The highest BCUT2D eigenvalue weighted by molar-refractivity contribution is 7.89. The number of aromatic nitrogens is 4. The van der Waals surface area contributed by atoms with E-state index in [2.05, 4.69) is 51.5 Å². The summed E-state index contributed by atoms with van der Waals surface area (Å²) in [5.41, 5.74) is 2.46. The minimum atomic E-state index is -3.87. The van der Waals surface area contributed by atoms with Gasteiger partial charge in [-0.1, -0.05) is 296 Å². The van der Waals surface area contributed by atoms with Gasteiger partial charge in [-0.05, 0) is 112 Å². The average molecular weight is 1370 g/mol. The summed E-state index contributed by atoms with van der Waals surface area (Å²) in [7, 11) is -7.69. The van der Waals surface area contributed by atoms with Crippen molar-refractivity contribution in [3.05, 3.63) is 106 Å². The summed E-state index contributed by atoms with van der Waals surface area (Å²) in [5.74, 6) is 0. The molecular formula is C84H116N6O6S2. The van der Waals surface area contributed by atoms with Gasteiger partial charge in [-0.3, -0.25) is 18.4 Å². The Morgan fingerprint density at radius 1 is 0.327 bits per heavy atom. The standard InChI is InChI=1S/C72H90N6O6S2.C12H26/c1-4-7-10-13-16-19-22-25-28-31-46-73-85(81,82)51-34-44-63-61(49-51)74-69-57-40-36-53-56-39-43-60-68-58(41-37-54(66(56)68)55-38-42-59(67(57)65(53)55)71(79)77(63)69)70-75-62-50-52(35-45-64(62)78(70)72(60)80)86(83,84)76(47-32-29-26-23-20-17-14-11-8-5-2)48-33-30-27-24-21-18-15-12-9-6-3;1-3-5-7-9-11-12-10-8-6-4-2/h34-45,49-50,73H,4-33,46-48H2,1-3H3;3-12H2,1-2H3. The summed E-state index contributed by atoms with van der Waals surface area (Å²) in [6.07, 6.45) is 49.8. The van der Waals surface area contributed by atoms with Gasteiger partial charge >= 0.3 is 0 Å². The molecule has 4 heterocycles. The molecule has 4 aromatic heterocycles. The second-order valence-electron chi connectivity index (χ2n) is 28.8. The number of nitrogens with one attached hydrogen (secondary N) is 1. The molecule has 0 spiro atoms.